The lowest BCUT2D eigenvalue weighted by Crippen LogP contribution is -2.40. The number of terminal acetylenes is 1. The zero-order valence-electron chi connectivity index (χ0n) is 13.0. The van der Waals surface area contributed by atoms with Gasteiger partial charge in [0.05, 0.1) is 0 Å². The number of hydrogen-bond acceptors (Lipinski definition) is 4. The molecule has 21 heavy (non-hydrogen) atoms. The molecule has 1 amide bonds. The van der Waals surface area contributed by atoms with Crippen LogP contribution in [0.2, 0.25) is 0 Å². The molecule has 116 valence electrons. The van der Waals surface area contributed by atoms with Gasteiger partial charge in [0.1, 0.15) is 0 Å². The van der Waals surface area contributed by atoms with Crippen molar-refractivity contribution in [2.75, 3.05) is 26.2 Å². The Bertz CT molecular complexity index is 420. The number of piperidine rings is 1. The van der Waals surface area contributed by atoms with Crippen LogP contribution >= 0.6 is 0 Å². The van der Waals surface area contributed by atoms with Gasteiger partial charge in [0.25, 0.3) is 0 Å². The highest BCUT2D eigenvalue weighted by Crippen LogP contribution is 2.37. The van der Waals surface area contributed by atoms with Crippen molar-refractivity contribution in [3.63, 3.8) is 0 Å². The molecule has 0 aliphatic carbocycles. The average Bonchev–Trinajstić information content (AvgIpc) is 3.29. The summed E-state index contributed by atoms with van der Waals surface area (Å²) in [6, 6.07) is 0. The van der Waals surface area contributed by atoms with Crippen LogP contribution in [0.25, 0.3) is 0 Å². The van der Waals surface area contributed by atoms with Crippen molar-refractivity contribution < 1.29 is 4.79 Å². The second-order valence-electron chi connectivity index (χ2n) is 6.09. The molecular formula is C16H26N4O. The van der Waals surface area contributed by atoms with Crippen LogP contribution in [0.1, 0.15) is 45.4 Å². The van der Waals surface area contributed by atoms with Crippen molar-refractivity contribution >= 4 is 5.91 Å². The summed E-state index contributed by atoms with van der Waals surface area (Å²) in [5, 5.41) is 11.2. The molecule has 2 rings (SSSR count). The third kappa shape index (κ3) is 5.13. The van der Waals surface area contributed by atoms with Gasteiger partial charge in [-0.2, -0.15) is 10.2 Å². The van der Waals surface area contributed by atoms with Gasteiger partial charge in [0.2, 0.25) is 5.91 Å². The zero-order valence-corrected chi connectivity index (χ0v) is 13.0. The van der Waals surface area contributed by atoms with Gasteiger partial charge in [0, 0.05) is 38.8 Å². The van der Waals surface area contributed by atoms with E-state index >= 15 is 0 Å². The highest BCUT2D eigenvalue weighted by molar-refractivity contribution is 5.76. The molecule has 2 heterocycles. The minimum Gasteiger partial charge on any atom is -0.356 e. The van der Waals surface area contributed by atoms with Crippen molar-refractivity contribution in [1.29, 1.82) is 0 Å². The molecule has 1 saturated heterocycles. The number of likely N-dealkylation sites (tertiary alicyclic amines) is 1. The van der Waals surface area contributed by atoms with E-state index in [2.05, 4.69) is 33.3 Å². The Labute approximate surface area is 127 Å². The molecule has 2 aliphatic heterocycles. The standard InChI is InChI=1S/C16H26N4O/c1-3-5-9-16(18-19-16)10-8-15(21)17-12-14-7-6-11-20(4-2)13-14/h1,14H,4-13H2,2H3,(H,17,21). The molecule has 1 N–H and O–H groups in total. The van der Waals surface area contributed by atoms with Gasteiger partial charge in [0.15, 0.2) is 5.66 Å². The molecule has 1 unspecified atom stereocenters. The lowest BCUT2D eigenvalue weighted by atomic mass is 9.97. The predicted molar refractivity (Wildman–Crippen MR) is 82.7 cm³/mol. The molecule has 0 bridgehead atoms. The fourth-order valence-corrected chi connectivity index (χ4v) is 2.93. The summed E-state index contributed by atoms with van der Waals surface area (Å²) < 4.78 is 0. The van der Waals surface area contributed by atoms with Crippen LogP contribution in [0.3, 0.4) is 0 Å². The summed E-state index contributed by atoms with van der Waals surface area (Å²) in [6.07, 6.45) is 10.3. The van der Waals surface area contributed by atoms with Crippen LogP contribution in [0.4, 0.5) is 0 Å². The summed E-state index contributed by atoms with van der Waals surface area (Å²) in [7, 11) is 0. The van der Waals surface area contributed by atoms with E-state index in [1.54, 1.807) is 0 Å². The van der Waals surface area contributed by atoms with E-state index in [-0.39, 0.29) is 11.6 Å². The molecule has 0 aromatic rings. The van der Waals surface area contributed by atoms with E-state index in [0.717, 1.165) is 26.1 Å². The van der Waals surface area contributed by atoms with E-state index in [0.29, 0.717) is 25.2 Å². The van der Waals surface area contributed by atoms with Gasteiger partial charge in [-0.1, -0.05) is 6.92 Å². The number of carbonyl (C=O) groups excluding carboxylic acids is 1. The first-order chi connectivity index (χ1) is 10.2. The lowest BCUT2D eigenvalue weighted by Gasteiger charge is -2.31. The van der Waals surface area contributed by atoms with Crippen molar-refractivity contribution in [2.45, 2.75) is 51.1 Å². The zero-order chi connectivity index (χ0) is 15.1. The van der Waals surface area contributed by atoms with Crippen molar-refractivity contribution in [2.24, 2.45) is 16.1 Å². The van der Waals surface area contributed by atoms with Crippen molar-refractivity contribution in [3.05, 3.63) is 0 Å². The summed E-state index contributed by atoms with van der Waals surface area (Å²) in [6.45, 7) is 6.39. The highest BCUT2D eigenvalue weighted by atomic mass is 16.1. The van der Waals surface area contributed by atoms with Crippen LogP contribution in [0.5, 0.6) is 0 Å². The number of carbonyl (C=O) groups is 1. The average molecular weight is 290 g/mol. The molecule has 1 atom stereocenters. The predicted octanol–water partition coefficient (Wildman–Crippen LogP) is 2.19. The minimum absolute atomic E-state index is 0.112. The largest absolute Gasteiger partial charge is 0.356 e. The van der Waals surface area contributed by atoms with Gasteiger partial charge in [-0.05, 0) is 31.8 Å². The normalized spacial score (nSPS) is 23.5. The number of nitrogens with one attached hydrogen (secondary N) is 1. The maximum atomic E-state index is 11.9. The molecule has 0 aromatic carbocycles. The molecule has 0 saturated carbocycles. The maximum Gasteiger partial charge on any atom is 0.220 e. The second-order valence-corrected chi connectivity index (χ2v) is 6.09. The number of hydrogen-bond donors (Lipinski definition) is 1. The number of amides is 1. The molecule has 2 aliphatic rings. The first-order valence-corrected chi connectivity index (χ1v) is 8.04. The Balaban J connectivity index is 1.61. The number of rotatable bonds is 8. The molecule has 5 heteroatoms. The molecule has 0 spiro atoms. The molecule has 0 radical (unpaired) electrons. The third-order valence-corrected chi connectivity index (χ3v) is 4.44. The van der Waals surface area contributed by atoms with E-state index in [9.17, 15) is 4.79 Å². The van der Waals surface area contributed by atoms with Crippen molar-refractivity contribution in [3.8, 4) is 12.3 Å². The van der Waals surface area contributed by atoms with E-state index in [1.165, 1.54) is 19.4 Å². The Kier molecular flexibility index (Phi) is 5.75. The second kappa shape index (κ2) is 7.56. The van der Waals surface area contributed by atoms with Crippen LogP contribution < -0.4 is 5.32 Å². The van der Waals surface area contributed by atoms with Gasteiger partial charge < -0.3 is 10.2 Å². The summed E-state index contributed by atoms with van der Waals surface area (Å²) >= 11 is 0. The van der Waals surface area contributed by atoms with E-state index in [4.69, 9.17) is 6.42 Å². The van der Waals surface area contributed by atoms with E-state index in [1.807, 2.05) is 0 Å². The van der Waals surface area contributed by atoms with Crippen LogP contribution in [-0.2, 0) is 4.79 Å². The molecule has 5 nitrogen and oxygen atoms in total. The summed E-state index contributed by atoms with van der Waals surface area (Å²) in [5.41, 5.74) is -0.340. The summed E-state index contributed by atoms with van der Waals surface area (Å²) in [5.74, 6) is 3.31. The smallest absolute Gasteiger partial charge is 0.220 e. The monoisotopic (exact) mass is 290 g/mol. The Hall–Kier alpha value is -1.41. The molecule has 0 aromatic heterocycles. The quantitative estimate of drug-likeness (QED) is 0.697. The lowest BCUT2D eigenvalue weighted by molar-refractivity contribution is -0.121. The minimum atomic E-state index is -0.340. The van der Waals surface area contributed by atoms with Crippen LogP contribution in [0.15, 0.2) is 10.2 Å². The van der Waals surface area contributed by atoms with Crippen LogP contribution in [0, 0.1) is 18.3 Å². The number of nitrogens with zero attached hydrogens (tertiary/aromatic N) is 3. The first-order valence-electron chi connectivity index (χ1n) is 8.04. The Morgan fingerprint density at radius 3 is 2.95 bits per heavy atom. The summed E-state index contributed by atoms with van der Waals surface area (Å²) in [4.78, 5) is 14.4. The van der Waals surface area contributed by atoms with E-state index < -0.39 is 0 Å². The maximum absolute atomic E-state index is 11.9. The Morgan fingerprint density at radius 1 is 1.48 bits per heavy atom. The fraction of sp³-hybridized carbons (Fsp3) is 0.812. The van der Waals surface area contributed by atoms with Gasteiger partial charge in [-0.15, -0.1) is 12.3 Å². The van der Waals surface area contributed by atoms with Gasteiger partial charge in [-0.3, -0.25) is 4.79 Å². The van der Waals surface area contributed by atoms with Crippen molar-refractivity contribution in [1.82, 2.24) is 10.2 Å². The fourth-order valence-electron chi connectivity index (χ4n) is 2.93. The molecule has 1 fully saturated rings. The Morgan fingerprint density at radius 2 is 2.29 bits per heavy atom. The third-order valence-electron chi connectivity index (χ3n) is 4.44. The SMILES string of the molecule is C#CCCC1(CCC(=O)NCC2CCCN(CC)C2)N=N1. The molecular weight excluding hydrogens is 264 g/mol. The van der Waals surface area contributed by atoms with Gasteiger partial charge in [-0.25, -0.2) is 0 Å². The highest BCUT2D eigenvalue weighted by Gasteiger charge is 2.39. The van der Waals surface area contributed by atoms with Gasteiger partial charge >= 0.3 is 0 Å². The first kappa shape index (κ1) is 16.0. The van der Waals surface area contributed by atoms with Crippen LogP contribution in [-0.4, -0.2) is 42.6 Å². The topological polar surface area (TPSA) is 57.1 Å².